The van der Waals surface area contributed by atoms with Gasteiger partial charge in [0, 0.05) is 68.4 Å². The zero-order valence-corrected chi connectivity index (χ0v) is 25.4. The van der Waals surface area contributed by atoms with Crippen molar-refractivity contribution in [2.75, 3.05) is 44.2 Å². The summed E-state index contributed by atoms with van der Waals surface area (Å²) in [6, 6.07) is 13.7. The number of carbonyl (C=O) groups excluding carboxylic acids is 2. The summed E-state index contributed by atoms with van der Waals surface area (Å²) in [5.74, 6) is 0.0561. The van der Waals surface area contributed by atoms with Crippen molar-refractivity contribution in [1.82, 2.24) is 15.1 Å². The number of anilines is 1. The van der Waals surface area contributed by atoms with Crippen molar-refractivity contribution >= 4 is 52.0 Å². The Balaban J connectivity index is 1.24. The van der Waals surface area contributed by atoms with Crippen LogP contribution in [0.2, 0.25) is 10.0 Å². The first-order chi connectivity index (χ1) is 19.3. The van der Waals surface area contributed by atoms with E-state index in [0.717, 1.165) is 36.2 Å². The lowest BCUT2D eigenvalue weighted by Gasteiger charge is -2.42. The third-order valence-corrected chi connectivity index (χ3v) is 9.31. The molecule has 0 saturated carbocycles. The number of nitrogens with one attached hydrogen (secondary N) is 1. The van der Waals surface area contributed by atoms with Gasteiger partial charge in [-0.2, -0.15) is 11.3 Å². The molecule has 40 heavy (non-hydrogen) atoms. The predicted molar refractivity (Wildman–Crippen MR) is 165 cm³/mol. The first-order valence-corrected chi connectivity index (χ1v) is 15.6. The highest BCUT2D eigenvalue weighted by atomic mass is 35.5. The number of piperazine rings is 1. The minimum Gasteiger partial charge on any atom is -0.367 e. The van der Waals surface area contributed by atoms with Gasteiger partial charge in [-0.1, -0.05) is 46.5 Å². The van der Waals surface area contributed by atoms with Crippen LogP contribution in [0.3, 0.4) is 0 Å². The van der Waals surface area contributed by atoms with Crippen molar-refractivity contribution in [2.24, 2.45) is 0 Å². The summed E-state index contributed by atoms with van der Waals surface area (Å²) < 4.78 is 0. The molecule has 6 nitrogen and oxygen atoms in total. The zero-order chi connectivity index (χ0) is 28.2. The van der Waals surface area contributed by atoms with E-state index < -0.39 is 0 Å². The van der Waals surface area contributed by atoms with Crippen LogP contribution in [0.1, 0.15) is 52.4 Å². The molecule has 2 fully saturated rings. The molecule has 0 radical (unpaired) electrons. The highest BCUT2D eigenvalue weighted by Crippen LogP contribution is 2.32. The van der Waals surface area contributed by atoms with Crippen LogP contribution in [0, 0.1) is 13.8 Å². The molecular weight excluding hydrogens is 563 g/mol. The molecule has 2 aromatic carbocycles. The fourth-order valence-electron chi connectivity index (χ4n) is 5.97. The van der Waals surface area contributed by atoms with Gasteiger partial charge in [0.2, 0.25) is 5.91 Å². The van der Waals surface area contributed by atoms with Gasteiger partial charge in [0.1, 0.15) is 0 Å². The number of aryl methyl sites for hydroxylation is 2. The van der Waals surface area contributed by atoms with Crippen LogP contribution in [0.25, 0.3) is 0 Å². The van der Waals surface area contributed by atoms with Crippen LogP contribution in [0.4, 0.5) is 5.69 Å². The first-order valence-electron chi connectivity index (χ1n) is 13.9. The summed E-state index contributed by atoms with van der Waals surface area (Å²) in [7, 11) is 0. The molecule has 0 aliphatic carbocycles. The molecule has 2 aliphatic heterocycles. The maximum Gasteiger partial charge on any atom is 0.254 e. The van der Waals surface area contributed by atoms with E-state index in [1.807, 2.05) is 47.9 Å². The molecule has 2 amide bonds. The predicted octanol–water partition coefficient (Wildman–Crippen LogP) is 6.35. The van der Waals surface area contributed by atoms with Gasteiger partial charge >= 0.3 is 0 Å². The number of halogens is 2. The Labute approximate surface area is 250 Å². The van der Waals surface area contributed by atoms with Gasteiger partial charge in [-0.05, 0) is 68.0 Å². The monoisotopic (exact) mass is 598 g/mol. The summed E-state index contributed by atoms with van der Waals surface area (Å²) in [6.45, 7) is 7.91. The Hall–Kier alpha value is -2.58. The van der Waals surface area contributed by atoms with Crippen molar-refractivity contribution in [1.29, 1.82) is 0 Å². The zero-order valence-electron chi connectivity index (χ0n) is 23.0. The quantitative estimate of drug-likeness (QED) is 0.307. The number of carbonyl (C=O) groups is 2. The second kappa shape index (κ2) is 12.9. The Kier molecular flexibility index (Phi) is 9.36. The number of rotatable bonds is 8. The highest BCUT2D eigenvalue weighted by molar-refractivity contribution is 7.08. The summed E-state index contributed by atoms with van der Waals surface area (Å²) in [5.41, 5.74) is 4.97. The van der Waals surface area contributed by atoms with Crippen LogP contribution >= 0.6 is 34.5 Å². The molecule has 9 heteroatoms. The fraction of sp³-hybridized carbons (Fsp3) is 0.419. The van der Waals surface area contributed by atoms with E-state index in [0.29, 0.717) is 54.3 Å². The van der Waals surface area contributed by atoms with Crippen LogP contribution in [0.15, 0.2) is 53.2 Å². The van der Waals surface area contributed by atoms with Gasteiger partial charge in [-0.3, -0.25) is 9.59 Å². The number of nitrogens with zero attached hydrogens (tertiary/aromatic N) is 3. The average molecular weight is 600 g/mol. The van der Waals surface area contributed by atoms with Crippen LogP contribution in [0.5, 0.6) is 0 Å². The number of benzene rings is 2. The molecule has 1 aromatic heterocycles. The van der Waals surface area contributed by atoms with E-state index >= 15 is 0 Å². The fourth-order valence-corrected chi connectivity index (χ4v) is 6.92. The first kappa shape index (κ1) is 28.9. The third kappa shape index (κ3) is 6.65. The second-order valence-corrected chi connectivity index (χ2v) is 12.4. The normalized spacial score (nSPS) is 19.4. The average Bonchev–Trinajstić information content (AvgIpc) is 3.63. The van der Waals surface area contributed by atoms with Crippen LogP contribution in [-0.2, 0) is 4.79 Å². The summed E-state index contributed by atoms with van der Waals surface area (Å²) >= 11 is 14.3. The molecule has 5 rings (SSSR count). The number of thiophene rings is 1. The van der Waals surface area contributed by atoms with Crippen LogP contribution < -0.4 is 10.2 Å². The Morgan fingerprint density at radius 3 is 2.52 bits per heavy atom. The van der Waals surface area contributed by atoms with E-state index in [1.165, 1.54) is 12.1 Å². The topological polar surface area (TPSA) is 55.9 Å². The molecule has 212 valence electrons. The summed E-state index contributed by atoms with van der Waals surface area (Å²) in [6.07, 6.45) is 2.75. The number of hydrogen-bond acceptors (Lipinski definition) is 5. The SMILES string of the molecule is Cc1cc(C)cc(C(=O)N2CCN(C(=O)CCNC[C@H]3CCCN3c3ccsc3)[C@H](c3ccc(Cl)c(Cl)c3)C2)c1. The second-order valence-electron chi connectivity index (χ2n) is 10.8. The lowest BCUT2D eigenvalue weighted by Crippen LogP contribution is -2.52. The standard InChI is InChI=1S/C31H36Cl2N4O2S/c1-21-14-22(2)16-24(15-21)31(39)35-11-12-37(29(19-35)23-5-6-27(32)28(33)17-23)30(38)7-9-34-18-25-4-3-10-36(25)26-8-13-40-20-26/h5-6,8,13-17,20,25,29,34H,3-4,7,9-12,18-19H2,1-2H3/t25-,29+/m1/s1. The largest absolute Gasteiger partial charge is 0.367 e. The van der Waals surface area contributed by atoms with Gasteiger partial charge in [-0.25, -0.2) is 0 Å². The van der Waals surface area contributed by atoms with Crippen molar-refractivity contribution in [2.45, 2.75) is 45.2 Å². The smallest absolute Gasteiger partial charge is 0.254 e. The van der Waals surface area contributed by atoms with Crippen molar-refractivity contribution < 1.29 is 9.59 Å². The molecule has 0 spiro atoms. The van der Waals surface area contributed by atoms with Gasteiger partial charge < -0.3 is 20.0 Å². The molecular formula is C31H36Cl2N4O2S. The lowest BCUT2D eigenvalue weighted by atomic mass is 10.00. The van der Waals surface area contributed by atoms with E-state index in [-0.39, 0.29) is 17.9 Å². The van der Waals surface area contributed by atoms with E-state index in [1.54, 1.807) is 17.4 Å². The van der Waals surface area contributed by atoms with E-state index in [4.69, 9.17) is 23.2 Å². The van der Waals surface area contributed by atoms with Crippen molar-refractivity contribution in [3.63, 3.8) is 0 Å². The number of amides is 2. The van der Waals surface area contributed by atoms with Crippen molar-refractivity contribution in [3.05, 3.63) is 85.5 Å². The number of hydrogen-bond donors (Lipinski definition) is 1. The maximum absolute atomic E-state index is 13.5. The molecule has 2 atom stereocenters. The van der Waals surface area contributed by atoms with E-state index in [2.05, 4.69) is 33.1 Å². The molecule has 2 saturated heterocycles. The van der Waals surface area contributed by atoms with E-state index in [9.17, 15) is 9.59 Å². The lowest BCUT2D eigenvalue weighted by molar-refractivity contribution is -0.135. The Morgan fingerprint density at radius 1 is 1.00 bits per heavy atom. The molecule has 0 unspecified atom stereocenters. The van der Waals surface area contributed by atoms with Gasteiger partial charge in [0.15, 0.2) is 0 Å². The van der Waals surface area contributed by atoms with Gasteiger partial charge in [0.05, 0.1) is 16.1 Å². The Morgan fingerprint density at radius 2 is 1.80 bits per heavy atom. The minimum atomic E-state index is -0.296. The summed E-state index contributed by atoms with van der Waals surface area (Å²) in [4.78, 5) is 33.2. The molecule has 3 aromatic rings. The molecule has 3 heterocycles. The summed E-state index contributed by atoms with van der Waals surface area (Å²) in [5, 5.41) is 8.77. The van der Waals surface area contributed by atoms with Gasteiger partial charge in [0.25, 0.3) is 5.91 Å². The molecule has 1 N–H and O–H groups in total. The third-order valence-electron chi connectivity index (χ3n) is 7.90. The van der Waals surface area contributed by atoms with Crippen LogP contribution in [-0.4, -0.2) is 66.9 Å². The van der Waals surface area contributed by atoms with Crippen molar-refractivity contribution in [3.8, 4) is 0 Å². The minimum absolute atomic E-state index is 0.0163. The Bertz CT molecular complexity index is 1330. The molecule has 2 aliphatic rings. The van der Waals surface area contributed by atoms with Gasteiger partial charge in [-0.15, -0.1) is 0 Å². The maximum atomic E-state index is 13.5. The highest BCUT2D eigenvalue weighted by Gasteiger charge is 2.34. The molecule has 0 bridgehead atoms.